The number of fused-ring (bicyclic) bond motifs is 1. The van der Waals surface area contributed by atoms with Crippen LogP contribution in [0.15, 0.2) is 60.7 Å². The van der Waals surface area contributed by atoms with Crippen LogP contribution in [0.1, 0.15) is 101 Å². The van der Waals surface area contributed by atoms with Gasteiger partial charge in [0.15, 0.2) is 0 Å². The average Bonchev–Trinajstić information content (AvgIpc) is 3.49. The van der Waals surface area contributed by atoms with E-state index in [0.29, 0.717) is 38.9 Å². The summed E-state index contributed by atoms with van der Waals surface area (Å²) in [7, 11) is 0. The third-order valence-electron chi connectivity index (χ3n) is 13.8. The summed E-state index contributed by atoms with van der Waals surface area (Å²) in [5.41, 5.74) is 4.09. The summed E-state index contributed by atoms with van der Waals surface area (Å²) in [6.45, 7) is 7.14. The van der Waals surface area contributed by atoms with Gasteiger partial charge in [0.1, 0.15) is 17.9 Å². The maximum Gasteiger partial charge on any atom is 0.262 e. The van der Waals surface area contributed by atoms with Gasteiger partial charge in [0.2, 0.25) is 11.8 Å². The number of nitrogens with zero attached hydrogens (tertiary/aromatic N) is 5. The third kappa shape index (κ3) is 8.07. The first-order chi connectivity index (χ1) is 29.0. The maximum absolute atomic E-state index is 13.3. The summed E-state index contributed by atoms with van der Waals surface area (Å²) in [5, 5.41) is 15.0. The largest absolute Gasteiger partial charge is 0.490 e. The van der Waals surface area contributed by atoms with E-state index in [1.165, 1.54) is 0 Å². The molecule has 5 fully saturated rings. The molecule has 5 heterocycles. The van der Waals surface area contributed by atoms with E-state index in [1.807, 2.05) is 18.2 Å². The molecule has 5 amide bonds. The van der Waals surface area contributed by atoms with Crippen molar-refractivity contribution in [1.29, 1.82) is 5.26 Å². The molecule has 1 unspecified atom stereocenters. The predicted octanol–water partition coefficient (Wildman–Crippen LogP) is 5.55. The van der Waals surface area contributed by atoms with E-state index >= 15 is 0 Å². The van der Waals surface area contributed by atoms with E-state index in [4.69, 9.17) is 21.6 Å². The van der Waals surface area contributed by atoms with E-state index in [2.05, 4.69) is 43.5 Å². The number of benzene rings is 3. The lowest BCUT2D eigenvalue weighted by Crippen LogP contribution is -2.60. The Bertz CT molecular complexity index is 2230. The highest BCUT2D eigenvalue weighted by atomic mass is 35.5. The molecule has 1 aliphatic carbocycles. The molecule has 9 rings (SSSR count). The number of likely N-dealkylation sites (tertiary alicyclic amines) is 1. The normalized spacial score (nSPS) is 24.5. The van der Waals surface area contributed by atoms with Gasteiger partial charge in [-0.3, -0.25) is 34.2 Å². The number of hydrogen-bond acceptors (Lipinski definition) is 10. The Morgan fingerprint density at radius 3 is 2.20 bits per heavy atom. The average molecular weight is 832 g/mol. The van der Waals surface area contributed by atoms with Crippen molar-refractivity contribution in [2.45, 2.75) is 82.4 Å². The minimum Gasteiger partial charge on any atom is -0.490 e. The summed E-state index contributed by atoms with van der Waals surface area (Å²) in [4.78, 5) is 72.1. The fourth-order valence-corrected chi connectivity index (χ4v) is 10.3. The lowest BCUT2D eigenvalue weighted by molar-refractivity contribution is -0.136. The van der Waals surface area contributed by atoms with Crippen LogP contribution in [0.4, 0.5) is 11.4 Å². The van der Waals surface area contributed by atoms with Crippen molar-refractivity contribution in [2.75, 3.05) is 55.6 Å². The highest BCUT2D eigenvalue weighted by molar-refractivity contribution is 6.31. The lowest BCUT2D eigenvalue weighted by Gasteiger charge is -2.55. The number of nitrogens with one attached hydrogen (secondary N) is 2. The molecule has 2 N–H and O–H groups in total. The third-order valence-corrected chi connectivity index (χ3v) is 14.1. The Morgan fingerprint density at radius 1 is 0.817 bits per heavy atom. The molecule has 6 aliphatic rings. The molecule has 3 aromatic carbocycles. The van der Waals surface area contributed by atoms with E-state index in [1.54, 1.807) is 30.3 Å². The Kier molecular flexibility index (Phi) is 11.0. The lowest BCUT2D eigenvalue weighted by atomic mass is 9.71. The fourth-order valence-electron chi connectivity index (χ4n) is 10.1. The minimum absolute atomic E-state index is 0.0427. The zero-order valence-corrected chi connectivity index (χ0v) is 34.4. The first kappa shape index (κ1) is 40.0. The van der Waals surface area contributed by atoms with E-state index in [-0.39, 0.29) is 42.2 Å². The predicted molar refractivity (Wildman–Crippen MR) is 225 cm³/mol. The highest BCUT2D eigenvalue weighted by Crippen LogP contribution is 2.44. The number of amides is 5. The molecule has 1 saturated carbocycles. The molecule has 5 aliphatic heterocycles. The van der Waals surface area contributed by atoms with Crippen LogP contribution in [0.25, 0.3) is 0 Å². The molecule has 1 spiro atoms. The molecule has 1 atom stereocenters. The van der Waals surface area contributed by atoms with Gasteiger partial charge in [-0.15, -0.1) is 0 Å². The van der Waals surface area contributed by atoms with E-state index in [0.717, 1.165) is 113 Å². The second kappa shape index (κ2) is 16.5. The van der Waals surface area contributed by atoms with Crippen LogP contribution in [0.2, 0.25) is 5.02 Å². The zero-order valence-electron chi connectivity index (χ0n) is 33.7. The Balaban J connectivity index is 0.683. The van der Waals surface area contributed by atoms with Gasteiger partial charge in [-0.25, -0.2) is 0 Å². The topological polar surface area (TPSA) is 155 Å². The number of carbonyl (C=O) groups excluding carboxylic acids is 5. The SMILES string of the molecule is N#Cc1ccc(OC2CCC(NC(=O)c3ccc(N4CCC(CN5CCC6(CC5)CN(c5ccc7c(c5)C(=O)N(C5CCC(=O)NC5=O)C7=O)C6)CC4)cc3)CC2)cc1Cl. The van der Waals surface area contributed by atoms with Crippen LogP contribution in [-0.2, 0) is 9.59 Å². The minimum atomic E-state index is -0.961. The zero-order chi connectivity index (χ0) is 41.5. The summed E-state index contributed by atoms with van der Waals surface area (Å²) in [5.74, 6) is -0.644. The van der Waals surface area contributed by atoms with Crippen molar-refractivity contribution in [3.63, 3.8) is 0 Å². The van der Waals surface area contributed by atoms with Crippen molar-refractivity contribution in [2.24, 2.45) is 11.3 Å². The van der Waals surface area contributed by atoms with Crippen LogP contribution in [0, 0.1) is 22.7 Å². The van der Waals surface area contributed by atoms with Crippen LogP contribution in [-0.4, -0.2) is 103 Å². The Morgan fingerprint density at radius 2 is 1.52 bits per heavy atom. The second-order valence-corrected chi connectivity index (χ2v) is 18.0. The molecule has 13 nitrogen and oxygen atoms in total. The van der Waals surface area contributed by atoms with E-state index in [9.17, 15) is 24.0 Å². The Labute approximate surface area is 354 Å². The number of hydrogen-bond donors (Lipinski definition) is 2. The van der Waals surface area contributed by atoms with Crippen molar-refractivity contribution in [1.82, 2.24) is 20.4 Å². The maximum atomic E-state index is 13.3. The summed E-state index contributed by atoms with van der Waals surface area (Å²) in [6.07, 6.45) is 8.20. The Hall–Kier alpha value is -5.45. The molecule has 312 valence electrons. The van der Waals surface area contributed by atoms with Crippen LogP contribution in [0.3, 0.4) is 0 Å². The summed E-state index contributed by atoms with van der Waals surface area (Å²) in [6, 6.07) is 19.8. The number of nitriles is 1. The molecule has 0 bridgehead atoms. The van der Waals surface area contributed by atoms with Gasteiger partial charge >= 0.3 is 0 Å². The quantitative estimate of drug-likeness (QED) is 0.262. The van der Waals surface area contributed by atoms with Crippen molar-refractivity contribution < 1.29 is 28.7 Å². The molecule has 0 radical (unpaired) electrons. The molecule has 4 saturated heterocycles. The van der Waals surface area contributed by atoms with Crippen LogP contribution < -0.4 is 25.2 Å². The molecular formula is C46H50ClN7O6. The number of carbonyl (C=O) groups is 5. The van der Waals surface area contributed by atoms with Gasteiger partial charge < -0.3 is 24.8 Å². The summed E-state index contributed by atoms with van der Waals surface area (Å²) < 4.78 is 6.11. The summed E-state index contributed by atoms with van der Waals surface area (Å²) >= 11 is 6.16. The first-order valence-electron chi connectivity index (χ1n) is 21.4. The van der Waals surface area contributed by atoms with E-state index < -0.39 is 23.8 Å². The smallest absolute Gasteiger partial charge is 0.262 e. The molecule has 3 aromatic rings. The number of halogens is 1. The fraction of sp³-hybridized carbons (Fsp3) is 0.478. The standard InChI is InChI=1S/C46H50ClN7O6/c47-39-24-36(9-3-31(39)25-48)60-35-10-4-32(5-11-35)49-42(56)30-1-6-33(7-2-30)52-19-15-29(16-20-52)26-51-21-17-46(18-22-51)27-53(28-46)34-8-12-37-38(23-34)45(59)54(44(37)58)40-13-14-41(55)50-43(40)57/h1-3,6-9,12,23-24,29,32,35,40H,4-5,10-11,13-22,26-28H2,(H,49,56)(H,50,55,57). The molecule has 14 heteroatoms. The molecule has 60 heavy (non-hydrogen) atoms. The van der Waals surface area contributed by atoms with Crippen molar-refractivity contribution in [3.05, 3.63) is 87.9 Å². The van der Waals surface area contributed by atoms with Crippen LogP contribution in [0.5, 0.6) is 5.75 Å². The monoisotopic (exact) mass is 831 g/mol. The molecule has 0 aromatic heterocycles. The van der Waals surface area contributed by atoms with Gasteiger partial charge in [0, 0.05) is 73.6 Å². The number of piperidine rings is 3. The van der Waals surface area contributed by atoms with Gasteiger partial charge in [-0.05, 0) is 131 Å². The van der Waals surface area contributed by atoms with Gasteiger partial charge in [-0.1, -0.05) is 11.6 Å². The second-order valence-electron chi connectivity index (χ2n) is 17.6. The number of anilines is 2. The highest BCUT2D eigenvalue weighted by Gasteiger charge is 2.47. The van der Waals surface area contributed by atoms with Gasteiger partial charge in [-0.2, -0.15) is 5.26 Å². The number of ether oxygens (including phenoxy) is 1. The van der Waals surface area contributed by atoms with Gasteiger partial charge in [0.05, 0.1) is 27.8 Å². The van der Waals surface area contributed by atoms with Crippen LogP contribution >= 0.6 is 11.6 Å². The molecular weight excluding hydrogens is 782 g/mol. The first-order valence-corrected chi connectivity index (χ1v) is 21.8. The van der Waals surface area contributed by atoms with Gasteiger partial charge in [0.25, 0.3) is 17.7 Å². The number of imide groups is 2. The van der Waals surface area contributed by atoms with Crippen molar-refractivity contribution in [3.8, 4) is 11.8 Å². The number of rotatable bonds is 9. The van der Waals surface area contributed by atoms with Crippen molar-refractivity contribution >= 4 is 52.5 Å².